The van der Waals surface area contributed by atoms with E-state index in [4.69, 9.17) is 14.2 Å². The number of amides is 2. The number of hydrogen-bond donors (Lipinski definition) is 1. The fourth-order valence-electron chi connectivity index (χ4n) is 3.91. The Morgan fingerprint density at radius 3 is 2.48 bits per heavy atom. The van der Waals surface area contributed by atoms with Gasteiger partial charge in [0.05, 0.1) is 0 Å². The molecule has 224 valence electrons. The quantitative estimate of drug-likeness (QED) is 0.337. The summed E-state index contributed by atoms with van der Waals surface area (Å²) in [6.07, 6.45) is 2.48. The highest BCUT2D eigenvalue weighted by molar-refractivity contribution is 7.07. The first-order chi connectivity index (χ1) is 20.0. The molecule has 1 aromatic carbocycles. The first-order valence-electron chi connectivity index (χ1n) is 13.3. The Kier molecular flexibility index (Phi) is 10.9. The number of ether oxygens (including phenoxy) is 3. The van der Waals surface area contributed by atoms with Crippen LogP contribution in [0.1, 0.15) is 27.7 Å². The molecule has 1 aliphatic heterocycles. The van der Waals surface area contributed by atoms with Gasteiger partial charge in [-0.3, -0.25) is 14.2 Å². The van der Waals surface area contributed by atoms with Crippen LogP contribution in [-0.4, -0.2) is 77.3 Å². The molecule has 2 heterocycles. The van der Waals surface area contributed by atoms with Crippen molar-refractivity contribution in [3.05, 3.63) is 56.5 Å². The lowest BCUT2D eigenvalue weighted by Gasteiger charge is -2.35. The number of nitrogens with zero attached hydrogens (tertiary/aromatic N) is 4. The Labute approximate surface area is 247 Å². The molecule has 13 heteroatoms. The number of nitriles is 1. The van der Waals surface area contributed by atoms with Gasteiger partial charge in [0, 0.05) is 50.7 Å². The Morgan fingerprint density at radius 1 is 1.17 bits per heavy atom. The Hall–Kier alpha value is -4.57. The molecule has 0 aliphatic carbocycles. The molecule has 42 heavy (non-hydrogen) atoms. The van der Waals surface area contributed by atoms with E-state index in [2.05, 4.69) is 11.9 Å². The van der Waals surface area contributed by atoms with Crippen LogP contribution in [0.15, 0.2) is 41.7 Å². The molecular weight excluding hydrogens is 562 g/mol. The Balaban J connectivity index is 1.65. The van der Waals surface area contributed by atoms with Gasteiger partial charge in [-0.05, 0) is 39.8 Å². The molecule has 0 bridgehead atoms. The molecule has 1 saturated heterocycles. The second kappa shape index (κ2) is 14.4. The number of esters is 1. The van der Waals surface area contributed by atoms with Crippen LogP contribution in [0.4, 0.5) is 10.5 Å². The van der Waals surface area contributed by atoms with Crippen molar-refractivity contribution in [3.63, 3.8) is 0 Å². The number of hydrogen-bond acceptors (Lipinski definition) is 10. The van der Waals surface area contributed by atoms with Crippen molar-refractivity contribution in [2.45, 2.75) is 39.8 Å². The number of anilines is 1. The van der Waals surface area contributed by atoms with Crippen molar-refractivity contribution in [2.75, 3.05) is 44.7 Å². The van der Waals surface area contributed by atoms with Crippen LogP contribution in [0.2, 0.25) is 0 Å². The number of carbonyl (C=O) groups excluding carboxylic acids is 3. The zero-order valence-electron chi connectivity index (χ0n) is 24.2. The third-order valence-corrected chi connectivity index (χ3v) is 7.07. The third kappa shape index (κ3) is 8.47. The lowest BCUT2D eigenvalue weighted by molar-refractivity contribution is -0.136. The molecule has 1 fully saturated rings. The van der Waals surface area contributed by atoms with Gasteiger partial charge in [-0.25, -0.2) is 9.59 Å². The third-order valence-electron chi connectivity index (χ3n) is 5.94. The number of thiazole rings is 1. The molecule has 2 amide bonds. The molecule has 0 atom stereocenters. The number of rotatable bonds is 9. The summed E-state index contributed by atoms with van der Waals surface area (Å²) in [6, 6.07) is 8.71. The van der Waals surface area contributed by atoms with Crippen LogP contribution in [0, 0.1) is 11.3 Å². The molecule has 0 saturated carbocycles. The van der Waals surface area contributed by atoms with E-state index in [1.807, 2.05) is 26.8 Å². The van der Waals surface area contributed by atoms with E-state index in [0.29, 0.717) is 37.6 Å². The van der Waals surface area contributed by atoms with Gasteiger partial charge in [-0.15, -0.1) is 11.3 Å². The number of aromatic nitrogens is 1. The van der Waals surface area contributed by atoms with Crippen molar-refractivity contribution < 1.29 is 28.6 Å². The summed E-state index contributed by atoms with van der Waals surface area (Å²) in [6.45, 7) is 12.2. The smallest absolute Gasteiger partial charge is 0.410 e. The lowest BCUT2D eigenvalue weighted by Crippen LogP contribution is -2.52. The van der Waals surface area contributed by atoms with E-state index >= 15 is 0 Å². The van der Waals surface area contributed by atoms with Gasteiger partial charge in [0.25, 0.3) is 11.5 Å². The minimum Gasteiger partial charge on any atom is -0.484 e. The maximum atomic E-state index is 12.9. The summed E-state index contributed by atoms with van der Waals surface area (Å²) < 4.78 is 17.9. The molecule has 1 N–H and O–H groups in total. The van der Waals surface area contributed by atoms with Crippen LogP contribution >= 0.6 is 11.3 Å². The molecule has 3 rings (SSSR count). The second-order valence-corrected chi connectivity index (χ2v) is 11.2. The minimum absolute atomic E-state index is 0.0545. The normalized spacial score (nSPS) is 14.5. The average Bonchev–Trinajstić information content (AvgIpc) is 3.27. The molecule has 0 unspecified atom stereocenters. The van der Waals surface area contributed by atoms with Crippen molar-refractivity contribution in [2.24, 2.45) is 0 Å². The summed E-state index contributed by atoms with van der Waals surface area (Å²) >= 11 is 0.995. The van der Waals surface area contributed by atoms with E-state index in [1.54, 1.807) is 41.0 Å². The van der Waals surface area contributed by atoms with Crippen molar-refractivity contribution in [1.29, 1.82) is 5.26 Å². The van der Waals surface area contributed by atoms with Crippen LogP contribution in [0.5, 0.6) is 5.75 Å². The largest absolute Gasteiger partial charge is 0.484 e. The number of nitrogens with one attached hydrogen (secondary N) is 1. The van der Waals surface area contributed by atoms with E-state index in [9.17, 15) is 24.4 Å². The fraction of sp³-hybridized carbons (Fsp3) is 0.414. The van der Waals surface area contributed by atoms with Gasteiger partial charge in [-0.1, -0.05) is 18.7 Å². The minimum atomic E-state index is -0.829. The summed E-state index contributed by atoms with van der Waals surface area (Å²) in [5.41, 5.74) is -0.606. The van der Waals surface area contributed by atoms with Crippen molar-refractivity contribution >= 4 is 46.8 Å². The average molecular weight is 598 g/mol. The van der Waals surface area contributed by atoms with E-state index in [-0.39, 0.29) is 46.0 Å². The first kappa shape index (κ1) is 32.0. The summed E-state index contributed by atoms with van der Waals surface area (Å²) in [5.74, 6) is -0.590. The highest BCUT2D eigenvalue weighted by Gasteiger charge is 2.27. The van der Waals surface area contributed by atoms with Gasteiger partial charge >= 0.3 is 12.1 Å². The molecule has 12 nitrogen and oxygen atoms in total. The highest BCUT2D eigenvalue weighted by Crippen LogP contribution is 2.18. The topological polar surface area (TPSA) is 143 Å². The van der Waals surface area contributed by atoms with Gasteiger partial charge < -0.3 is 29.3 Å². The van der Waals surface area contributed by atoms with Gasteiger partial charge in [0.1, 0.15) is 33.2 Å². The maximum absolute atomic E-state index is 12.9. The molecule has 1 aromatic heterocycles. The van der Waals surface area contributed by atoms with Crippen molar-refractivity contribution in [3.8, 4) is 11.8 Å². The summed E-state index contributed by atoms with van der Waals surface area (Å²) in [5, 5.41) is 12.6. The lowest BCUT2D eigenvalue weighted by atomic mass is 10.2. The predicted molar refractivity (Wildman–Crippen MR) is 158 cm³/mol. The Bertz CT molecular complexity index is 1540. The SMILES string of the molecule is C=CCOC(=O)/C(C#N)=c1\s/c(=C/Nc2cccc(OCC(=O)N3CCN(C(=O)OC(C)(C)C)CC3)c2)c(=O)n1CC. The zero-order valence-corrected chi connectivity index (χ0v) is 25.0. The van der Waals surface area contributed by atoms with E-state index < -0.39 is 17.7 Å². The number of carbonyl (C=O) groups is 3. The highest BCUT2D eigenvalue weighted by atomic mass is 32.1. The maximum Gasteiger partial charge on any atom is 0.410 e. The van der Waals surface area contributed by atoms with Crippen LogP contribution < -0.4 is 24.8 Å². The summed E-state index contributed by atoms with van der Waals surface area (Å²) in [7, 11) is 0. The Morgan fingerprint density at radius 2 is 1.86 bits per heavy atom. The van der Waals surface area contributed by atoms with Crippen LogP contribution in [-0.2, 0) is 25.6 Å². The predicted octanol–water partition coefficient (Wildman–Crippen LogP) is 1.64. The molecule has 2 aromatic rings. The second-order valence-electron chi connectivity index (χ2n) is 10.1. The molecular formula is C29H35N5O7S. The molecule has 0 radical (unpaired) electrons. The van der Waals surface area contributed by atoms with Crippen molar-refractivity contribution in [1.82, 2.24) is 14.4 Å². The summed E-state index contributed by atoms with van der Waals surface area (Å²) in [4.78, 5) is 53.4. The standard InChI is InChI=1S/C29H35N5O7S/c1-6-15-39-27(37)22(17-30)26-34(7-2)25(36)23(42-26)18-31-20-9-8-10-21(16-20)40-19-24(35)32-11-13-33(14-12-32)28(38)41-29(3,4)5/h6,8-10,16,18,31H,1,7,11-15,19H2,2-5H3/b23-18+,26-22-. The van der Waals surface area contributed by atoms with Crippen LogP contribution in [0.25, 0.3) is 11.8 Å². The molecule has 1 aliphatic rings. The fourth-order valence-corrected chi connectivity index (χ4v) is 4.98. The molecule has 0 spiro atoms. The van der Waals surface area contributed by atoms with Crippen LogP contribution in [0.3, 0.4) is 0 Å². The van der Waals surface area contributed by atoms with Gasteiger partial charge in [0.15, 0.2) is 12.2 Å². The van der Waals surface area contributed by atoms with E-state index in [0.717, 1.165) is 11.3 Å². The number of piperazine rings is 1. The first-order valence-corrected chi connectivity index (χ1v) is 14.2. The van der Waals surface area contributed by atoms with E-state index in [1.165, 1.54) is 16.8 Å². The monoisotopic (exact) mass is 597 g/mol. The van der Waals surface area contributed by atoms with Gasteiger partial charge in [-0.2, -0.15) is 5.26 Å². The zero-order chi connectivity index (χ0) is 30.9. The number of benzene rings is 1. The van der Waals surface area contributed by atoms with Gasteiger partial charge in [0.2, 0.25) is 0 Å².